The van der Waals surface area contributed by atoms with Gasteiger partial charge >= 0.3 is 0 Å². The molecule has 0 saturated carbocycles. The Morgan fingerprint density at radius 2 is 0.520 bits per heavy atom. The molecule has 2 aromatic heterocycles. The minimum Gasteiger partial charge on any atom is -0.311 e. The van der Waals surface area contributed by atoms with Crippen LogP contribution in [0.2, 0.25) is 0 Å². The molecule has 6 aliphatic rings. The van der Waals surface area contributed by atoms with Crippen LogP contribution in [0.3, 0.4) is 0 Å². The van der Waals surface area contributed by atoms with Crippen LogP contribution in [0.5, 0.6) is 0 Å². The van der Waals surface area contributed by atoms with Gasteiger partial charge in [0.25, 0.3) is 20.1 Å². The van der Waals surface area contributed by atoms with E-state index in [-0.39, 0.29) is 20.1 Å². The van der Waals surface area contributed by atoms with Crippen molar-refractivity contribution in [2.24, 2.45) is 0 Å². The summed E-state index contributed by atoms with van der Waals surface area (Å²) in [4.78, 5) is 15.3. The molecule has 7 nitrogen and oxygen atoms in total. The molecule has 0 unspecified atom stereocenters. The summed E-state index contributed by atoms with van der Waals surface area (Å²) in [5.74, 6) is 0. The van der Waals surface area contributed by atoms with Crippen molar-refractivity contribution in [3.05, 3.63) is 340 Å². The van der Waals surface area contributed by atoms with Gasteiger partial charge in [-0.15, -0.1) is 0 Å². The van der Waals surface area contributed by atoms with Crippen molar-refractivity contribution >= 4 is 210 Å². The van der Waals surface area contributed by atoms with Gasteiger partial charge in [0.1, 0.15) is 0 Å². The first-order valence-corrected chi connectivity index (χ1v) is 34.9. The van der Waals surface area contributed by atoms with Gasteiger partial charge in [0.2, 0.25) is 0 Å². The Labute approximate surface area is 579 Å². The zero-order valence-corrected chi connectivity index (χ0v) is 54.2. The zero-order chi connectivity index (χ0) is 65.0. The monoisotopic (exact) mass is 1270 g/mol. The van der Waals surface area contributed by atoms with Gasteiger partial charge in [-0.25, -0.2) is 0 Å². The first-order chi connectivity index (χ1) is 49.7. The predicted molar refractivity (Wildman–Crippen MR) is 423 cm³/mol. The van der Waals surface area contributed by atoms with Crippen LogP contribution in [0.25, 0.3) is 38.1 Å². The number of benzene rings is 15. The van der Waals surface area contributed by atoms with E-state index in [0.29, 0.717) is 0 Å². The molecule has 6 aliphatic heterocycles. The molecule has 460 valence electrons. The fourth-order valence-electron chi connectivity index (χ4n) is 18.9. The SMILES string of the molecule is c1ccc(N2c3ccccc3B3c4cc5c(cc4N(c4ccccc4)c4cccc2c43)c2c3c(cc4c6ccc7c(c6n5c42)B2c4ccccc4N(c4ccccc4)c4cccc(c42)N7c2ccccc2)B2c4ccccc4N(c4ccccc4)c4cccc(c42)N3c2ccccc2)cc1. The van der Waals surface area contributed by atoms with Gasteiger partial charge in [-0.3, -0.25) is 0 Å². The fourth-order valence-corrected chi connectivity index (χ4v) is 18.9. The quantitative estimate of drug-likeness (QED) is 0.154. The lowest BCUT2D eigenvalue weighted by atomic mass is 9.33. The molecule has 100 heavy (non-hydrogen) atoms. The van der Waals surface area contributed by atoms with Crippen LogP contribution >= 0.6 is 0 Å². The molecular formula is C90H56B3N7. The summed E-state index contributed by atoms with van der Waals surface area (Å²) >= 11 is 0. The van der Waals surface area contributed by atoms with Crippen molar-refractivity contribution < 1.29 is 0 Å². The van der Waals surface area contributed by atoms with Crippen LogP contribution in [0.15, 0.2) is 340 Å². The highest BCUT2D eigenvalue weighted by Crippen LogP contribution is 2.54. The summed E-state index contributed by atoms with van der Waals surface area (Å²) in [6.45, 7) is -0.424. The van der Waals surface area contributed by atoms with Gasteiger partial charge in [-0.2, -0.15) is 0 Å². The lowest BCUT2D eigenvalue weighted by Gasteiger charge is -2.44. The normalized spacial score (nSPS) is 14.0. The van der Waals surface area contributed by atoms with E-state index in [1.807, 2.05) is 0 Å². The summed E-state index contributed by atoms with van der Waals surface area (Å²) in [7, 11) is 0. The molecule has 10 heteroatoms. The predicted octanol–water partition coefficient (Wildman–Crippen LogP) is 17.1. The molecule has 17 aromatic rings. The summed E-state index contributed by atoms with van der Waals surface area (Å²) in [6, 6.07) is 128. The van der Waals surface area contributed by atoms with Crippen molar-refractivity contribution in [2.45, 2.75) is 0 Å². The van der Waals surface area contributed by atoms with E-state index < -0.39 is 0 Å². The number of aromatic nitrogens is 1. The van der Waals surface area contributed by atoms with Crippen LogP contribution in [0.4, 0.5) is 102 Å². The van der Waals surface area contributed by atoms with Crippen molar-refractivity contribution in [1.82, 2.24) is 4.40 Å². The highest BCUT2D eigenvalue weighted by atomic mass is 15.2. The van der Waals surface area contributed by atoms with Crippen LogP contribution in [0, 0.1) is 0 Å². The Morgan fingerprint density at radius 3 is 0.960 bits per heavy atom. The number of hydrogen-bond donors (Lipinski definition) is 0. The van der Waals surface area contributed by atoms with Crippen molar-refractivity contribution in [1.29, 1.82) is 0 Å². The molecule has 0 radical (unpaired) electrons. The van der Waals surface area contributed by atoms with Crippen LogP contribution in [-0.2, 0) is 0 Å². The van der Waals surface area contributed by atoms with E-state index in [2.05, 4.69) is 374 Å². The summed E-state index contributed by atoms with van der Waals surface area (Å²) < 4.78 is 2.78. The van der Waals surface area contributed by atoms with E-state index in [9.17, 15) is 0 Å². The summed E-state index contributed by atoms with van der Waals surface area (Å²) in [5, 5.41) is 4.92. The minimum atomic E-state index is -0.166. The molecule has 15 aromatic carbocycles. The lowest BCUT2D eigenvalue weighted by molar-refractivity contribution is 1.25. The molecule has 0 bridgehead atoms. The van der Waals surface area contributed by atoms with Gasteiger partial charge in [-0.05, 0) is 195 Å². The van der Waals surface area contributed by atoms with Crippen LogP contribution in [0.1, 0.15) is 0 Å². The van der Waals surface area contributed by atoms with E-state index in [1.54, 1.807) is 0 Å². The highest BCUT2D eigenvalue weighted by molar-refractivity contribution is 7.03. The van der Waals surface area contributed by atoms with Gasteiger partial charge < -0.3 is 33.8 Å². The van der Waals surface area contributed by atoms with Gasteiger partial charge in [0.15, 0.2) is 0 Å². The fraction of sp³-hybridized carbons (Fsp3) is 0. The largest absolute Gasteiger partial charge is 0.311 e. The van der Waals surface area contributed by atoms with Crippen molar-refractivity contribution in [2.75, 3.05) is 29.4 Å². The first-order valence-electron chi connectivity index (χ1n) is 34.9. The number of nitrogens with zero attached hydrogens (tertiary/aromatic N) is 7. The highest BCUT2D eigenvalue weighted by Gasteiger charge is 2.50. The molecule has 0 spiro atoms. The Hall–Kier alpha value is -12.9. The maximum Gasteiger partial charge on any atom is 0.254 e. The second-order valence-corrected chi connectivity index (χ2v) is 27.4. The van der Waals surface area contributed by atoms with E-state index in [0.717, 1.165) is 34.1 Å². The van der Waals surface area contributed by atoms with Crippen molar-refractivity contribution in [3.8, 4) is 0 Å². The molecule has 0 N–H and O–H groups in total. The molecule has 0 fully saturated rings. The average Bonchev–Trinajstić information content (AvgIpc) is 1.43. The number of fused-ring (bicyclic) bond motifs is 20. The van der Waals surface area contributed by atoms with E-state index >= 15 is 0 Å². The van der Waals surface area contributed by atoms with Crippen LogP contribution in [-0.4, -0.2) is 24.5 Å². The Bertz CT molecular complexity index is 6280. The number of para-hydroxylation sites is 9. The lowest BCUT2D eigenvalue weighted by Crippen LogP contribution is -2.61. The first kappa shape index (κ1) is 54.2. The third-order valence-electron chi connectivity index (χ3n) is 22.5. The standard InChI is InChI=1S/C90H56B3N7/c1-7-28-57(29-8-1)94-71-43-22-19-40-66(71)91-69-56-81-65(55-82(69)98(61-36-15-5-16-37-61)76-48-25-46-74(94)84(76)91)83-88-64(54-70-90(83)99(62-38-17-6-18-39-62)79-51-27-47-75-85(79)92(70)67-41-20-23-44-72(67)95(75)58-30-9-2-10-31-58)63-52-53-80-87(89(63)100(81)88)93-68-42-21-24-45-73(68)96(59-32-11-3-12-33-59)77-49-26-50-78(86(77)93)97(80)60-34-13-4-14-35-60/h1-56H. The topological polar surface area (TPSA) is 23.9 Å². The van der Waals surface area contributed by atoms with E-state index in [1.165, 1.54) is 156 Å². The van der Waals surface area contributed by atoms with Gasteiger partial charge in [0.05, 0.1) is 22.2 Å². The number of hydrogen-bond acceptors (Lipinski definition) is 6. The third-order valence-corrected chi connectivity index (χ3v) is 22.5. The summed E-state index contributed by atoms with van der Waals surface area (Å²) in [5.41, 5.74) is 36.1. The molecule has 0 atom stereocenters. The molecule has 8 heterocycles. The zero-order valence-electron chi connectivity index (χ0n) is 54.2. The van der Waals surface area contributed by atoms with Gasteiger partial charge in [0, 0.05) is 118 Å². The Morgan fingerprint density at radius 1 is 0.190 bits per heavy atom. The molecule has 0 amide bonds. The second-order valence-electron chi connectivity index (χ2n) is 27.4. The molecular weight excluding hydrogens is 1210 g/mol. The van der Waals surface area contributed by atoms with Gasteiger partial charge in [-0.1, -0.05) is 194 Å². The molecule has 0 saturated heterocycles. The molecule has 0 aliphatic carbocycles. The number of rotatable bonds is 6. The number of anilines is 18. The summed E-state index contributed by atoms with van der Waals surface area (Å²) in [6.07, 6.45) is 0. The smallest absolute Gasteiger partial charge is 0.254 e. The van der Waals surface area contributed by atoms with Crippen LogP contribution < -0.4 is 78.6 Å². The average molecular weight is 1270 g/mol. The Balaban J connectivity index is 0.914. The molecule has 23 rings (SSSR count). The maximum absolute atomic E-state index is 2.78. The second kappa shape index (κ2) is 20.3. The maximum atomic E-state index is 2.78. The third kappa shape index (κ3) is 7.10. The Kier molecular flexibility index (Phi) is 11.0. The minimum absolute atomic E-state index is 0.124. The van der Waals surface area contributed by atoms with Crippen molar-refractivity contribution in [3.63, 3.8) is 0 Å². The van der Waals surface area contributed by atoms with E-state index in [4.69, 9.17) is 0 Å².